The molecule has 8 nitrogen and oxygen atoms in total. The minimum atomic E-state index is -3.93. The molecule has 9 heteroatoms. The number of piperazine rings is 1. The normalized spacial score (nSPS) is 14.3. The summed E-state index contributed by atoms with van der Waals surface area (Å²) in [5.41, 5.74) is 1.75. The number of nitrogens with one attached hydrogen (secondary N) is 1. The number of carboxylic acid groups (broad SMARTS) is 1. The number of anilines is 3. The van der Waals surface area contributed by atoms with Crippen LogP contribution in [-0.4, -0.2) is 50.7 Å². The summed E-state index contributed by atoms with van der Waals surface area (Å²) in [5, 5.41) is 9.80. The van der Waals surface area contributed by atoms with E-state index in [1.165, 1.54) is 12.1 Å². The molecule has 0 radical (unpaired) electrons. The van der Waals surface area contributed by atoms with Crippen molar-refractivity contribution >= 4 is 33.2 Å². The summed E-state index contributed by atoms with van der Waals surface area (Å²) < 4.78 is 28.3. The maximum Gasteiger partial charge on any atom is 0.337 e. The molecule has 1 fully saturated rings. The summed E-state index contributed by atoms with van der Waals surface area (Å²) >= 11 is 0. The van der Waals surface area contributed by atoms with Crippen LogP contribution in [0.5, 0.6) is 0 Å². The molecule has 1 aromatic heterocycles. The summed E-state index contributed by atoms with van der Waals surface area (Å²) in [5.74, 6) is 0.189. The Balaban J connectivity index is 1.49. The number of benzene rings is 2. The second-order valence-corrected chi connectivity index (χ2v) is 10.7. The van der Waals surface area contributed by atoms with Gasteiger partial charge in [-0.15, -0.1) is 0 Å². The van der Waals surface area contributed by atoms with E-state index in [0.29, 0.717) is 19.0 Å². The molecule has 1 aliphatic heterocycles. The molecular formula is C26H30N4O4S. The molecule has 0 unspecified atom stereocenters. The molecule has 2 heterocycles. The smallest absolute Gasteiger partial charge is 0.337 e. The third-order valence-corrected chi connectivity index (χ3v) is 7.35. The van der Waals surface area contributed by atoms with Crippen molar-refractivity contribution in [3.63, 3.8) is 0 Å². The molecule has 1 aliphatic rings. The first-order chi connectivity index (χ1) is 16.7. The SMILES string of the molecule is CC(C)Cc1ccc(S(=O)(=O)Nc2ccc(N3CCN(c4ccccn4)CC3)cc2C(=O)O)cc1. The Morgan fingerprint density at radius 3 is 2.29 bits per heavy atom. The van der Waals surface area contributed by atoms with Crippen molar-refractivity contribution in [3.05, 3.63) is 78.0 Å². The summed E-state index contributed by atoms with van der Waals surface area (Å²) in [7, 11) is -3.93. The highest BCUT2D eigenvalue weighted by atomic mass is 32.2. The number of hydrogen-bond acceptors (Lipinski definition) is 6. The van der Waals surface area contributed by atoms with Gasteiger partial charge in [0, 0.05) is 38.1 Å². The fourth-order valence-corrected chi connectivity index (χ4v) is 5.29. The van der Waals surface area contributed by atoms with Crippen LogP contribution >= 0.6 is 0 Å². The molecule has 0 bridgehead atoms. The van der Waals surface area contributed by atoms with Crippen LogP contribution in [0, 0.1) is 5.92 Å². The third-order valence-electron chi connectivity index (χ3n) is 5.97. The zero-order valence-electron chi connectivity index (χ0n) is 19.9. The van der Waals surface area contributed by atoms with Gasteiger partial charge >= 0.3 is 5.97 Å². The first-order valence-corrected chi connectivity index (χ1v) is 13.1. The average Bonchev–Trinajstić information content (AvgIpc) is 2.84. The molecule has 0 amide bonds. The van der Waals surface area contributed by atoms with Gasteiger partial charge in [0.25, 0.3) is 10.0 Å². The van der Waals surface area contributed by atoms with Crippen LogP contribution in [0.3, 0.4) is 0 Å². The molecule has 4 rings (SSSR count). The van der Waals surface area contributed by atoms with E-state index in [9.17, 15) is 18.3 Å². The van der Waals surface area contributed by atoms with Crippen molar-refractivity contribution < 1.29 is 18.3 Å². The van der Waals surface area contributed by atoms with E-state index in [1.807, 2.05) is 18.2 Å². The van der Waals surface area contributed by atoms with E-state index in [0.717, 1.165) is 36.6 Å². The van der Waals surface area contributed by atoms with Gasteiger partial charge in [0.15, 0.2) is 0 Å². The second kappa shape index (κ2) is 10.4. The molecule has 0 spiro atoms. The first kappa shape index (κ1) is 24.5. The van der Waals surface area contributed by atoms with Crippen LogP contribution in [0.1, 0.15) is 29.8 Å². The summed E-state index contributed by atoms with van der Waals surface area (Å²) in [6, 6.07) is 17.3. The number of aromatic carboxylic acids is 1. The number of aromatic nitrogens is 1. The minimum absolute atomic E-state index is 0.0413. The zero-order valence-corrected chi connectivity index (χ0v) is 20.7. The number of rotatable bonds is 8. The van der Waals surface area contributed by atoms with Crippen molar-refractivity contribution in [2.45, 2.75) is 25.2 Å². The van der Waals surface area contributed by atoms with Gasteiger partial charge in [0.1, 0.15) is 5.82 Å². The van der Waals surface area contributed by atoms with Gasteiger partial charge < -0.3 is 14.9 Å². The lowest BCUT2D eigenvalue weighted by Crippen LogP contribution is -2.46. The number of pyridine rings is 1. The zero-order chi connectivity index (χ0) is 25.0. The molecule has 2 aromatic carbocycles. The monoisotopic (exact) mass is 494 g/mol. The number of nitrogens with zero attached hydrogens (tertiary/aromatic N) is 3. The largest absolute Gasteiger partial charge is 0.478 e. The lowest BCUT2D eigenvalue weighted by atomic mass is 10.0. The van der Waals surface area contributed by atoms with E-state index in [2.05, 4.69) is 33.4 Å². The van der Waals surface area contributed by atoms with Crippen LogP contribution in [0.2, 0.25) is 0 Å². The number of carboxylic acids is 1. The van der Waals surface area contributed by atoms with Crippen LogP contribution in [0.15, 0.2) is 71.8 Å². The lowest BCUT2D eigenvalue weighted by molar-refractivity contribution is 0.0698. The number of sulfonamides is 1. The Morgan fingerprint density at radius 1 is 1.00 bits per heavy atom. The Morgan fingerprint density at radius 2 is 1.69 bits per heavy atom. The molecule has 2 N–H and O–H groups in total. The van der Waals surface area contributed by atoms with E-state index in [-0.39, 0.29) is 16.1 Å². The quantitative estimate of drug-likeness (QED) is 0.486. The molecule has 0 saturated carbocycles. The molecule has 1 saturated heterocycles. The van der Waals surface area contributed by atoms with Gasteiger partial charge in [-0.1, -0.05) is 32.0 Å². The molecule has 184 valence electrons. The fraction of sp³-hybridized carbons (Fsp3) is 0.308. The van der Waals surface area contributed by atoms with Crippen molar-refractivity contribution in [1.29, 1.82) is 0 Å². The molecule has 0 aliphatic carbocycles. The highest BCUT2D eigenvalue weighted by Crippen LogP contribution is 2.27. The standard InChI is InChI=1S/C26H30N4O4S/c1-19(2)17-20-6-9-22(10-7-20)35(33,34)28-24-11-8-21(18-23(24)26(31)32)29-13-15-30(16-14-29)25-5-3-4-12-27-25/h3-12,18-19,28H,13-17H2,1-2H3,(H,31,32). The van der Waals surface area contributed by atoms with Gasteiger partial charge in [-0.2, -0.15) is 0 Å². The second-order valence-electron chi connectivity index (χ2n) is 9.04. The number of hydrogen-bond donors (Lipinski definition) is 2. The maximum atomic E-state index is 12.9. The first-order valence-electron chi connectivity index (χ1n) is 11.6. The Hall–Kier alpha value is -3.59. The van der Waals surface area contributed by atoms with Gasteiger partial charge in [0.2, 0.25) is 0 Å². The third kappa shape index (κ3) is 5.92. The molecule has 0 atom stereocenters. The van der Waals surface area contributed by atoms with Crippen molar-refractivity contribution in [1.82, 2.24) is 4.98 Å². The fourth-order valence-electron chi connectivity index (χ4n) is 4.21. The van der Waals surface area contributed by atoms with Crippen molar-refractivity contribution in [3.8, 4) is 0 Å². The Kier molecular flexibility index (Phi) is 7.25. The predicted octanol–water partition coefficient (Wildman–Crippen LogP) is 4.11. The predicted molar refractivity (Wildman–Crippen MR) is 138 cm³/mol. The maximum absolute atomic E-state index is 12.9. The Labute approximate surface area is 206 Å². The molecule has 35 heavy (non-hydrogen) atoms. The molecule has 3 aromatic rings. The summed E-state index contributed by atoms with van der Waals surface area (Å²) in [6.45, 7) is 7.10. The van der Waals surface area contributed by atoms with Gasteiger partial charge in [-0.3, -0.25) is 4.72 Å². The van der Waals surface area contributed by atoms with E-state index >= 15 is 0 Å². The van der Waals surface area contributed by atoms with Crippen LogP contribution in [0.25, 0.3) is 0 Å². The van der Waals surface area contributed by atoms with Gasteiger partial charge in [0.05, 0.1) is 16.1 Å². The number of carbonyl (C=O) groups is 1. The van der Waals surface area contributed by atoms with Crippen LogP contribution in [-0.2, 0) is 16.4 Å². The van der Waals surface area contributed by atoms with Crippen LogP contribution < -0.4 is 14.5 Å². The van der Waals surface area contributed by atoms with Crippen molar-refractivity contribution in [2.75, 3.05) is 40.7 Å². The summed E-state index contributed by atoms with van der Waals surface area (Å²) in [6.07, 6.45) is 2.62. The highest BCUT2D eigenvalue weighted by Gasteiger charge is 2.22. The van der Waals surface area contributed by atoms with E-state index in [1.54, 1.807) is 36.5 Å². The Bertz CT molecular complexity index is 1270. The lowest BCUT2D eigenvalue weighted by Gasteiger charge is -2.36. The summed E-state index contributed by atoms with van der Waals surface area (Å²) in [4.78, 5) is 20.8. The average molecular weight is 495 g/mol. The molecular weight excluding hydrogens is 464 g/mol. The minimum Gasteiger partial charge on any atom is -0.478 e. The van der Waals surface area contributed by atoms with E-state index in [4.69, 9.17) is 0 Å². The van der Waals surface area contributed by atoms with Crippen molar-refractivity contribution in [2.24, 2.45) is 5.92 Å². The van der Waals surface area contributed by atoms with Crippen LogP contribution in [0.4, 0.5) is 17.2 Å². The highest BCUT2D eigenvalue weighted by molar-refractivity contribution is 7.92. The van der Waals surface area contributed by atoms with Gasteiger partial charge in [-0.25, -0.2) is 18.2 Å². The van der Waals surface area contributed by atoms with E-state index < -0.39 is 16.0 Å². The van der Waals surface area contributed by atoms with Gasteiger partial charge in [-0.05, 0) is 60.4 Å². The topological polar surface area (TPSA) is 103 Å².